The second-order valence-corrected chi connectivity index (χ2v) is 6.30. The molecule has 3 heterocycles. The molecule has 21 heavy (non-hydrogen) atoms. The average Bonchev–Trinajstić information content (AvgIpc) is 2.85. The second kappa shape index (κ2) is 6.14. The summed E-state index contributed by atoms with van der Waals surface area (Å²) in [6.45, 7) is 7.99. The van der Waals surface area contributed by atoms with E-state index in [0.717, 1.165) is 24.0 Å². The van der Waals surface area contributed by atoms with Crippen LogP contribution < -0.4 is 0 Å². The lowest BCUT2D eigenvalue weighted by Gasteiger charge is -2.40. The standard InChI is InChI=1S/C17H26N4/c1-4-8-15-19-14-9-7-11-18-17(14)21(15)16-10-5-6-12-20(16)13(2)3/h7,9,11,13,16H,4-6,8,10,12H2,1-3H3. The van der Waals surface area contributed by atoms with Crippen molar-refractivity contribution >= 4 is 11.2 Å². The molecule has 1 unspecified atom stereocenters. The summed E-state index contributed by atoms with van der Waals surface area (Å²) in [5.74, 6) is 1.20. The Morgan fingerprint density at radius 2 is 2.19 bits per heavy atom. The van der Waals surface area contributed by atoms with Crippen LogP contribution in [0.2, 0.25) is 0 Å². The summed E-state index contributed by atoms with van der Waals surface area (Å²) in [5.41, 5.74) is 2.09. The van der Waals surface area contributed by atoms with Crippen LogP contribution in [0.15, 0.2) is 18.3 Å². The van der Waals surface area contributed by atoms with E-state index in [4.69, 9.17) is 4.98 Å². The highest BCUT2D eigenvalue weighted by Crippen LogP contribution is 2.32. The molecule has 0 aliphatic carbocycles. The Balaban J connectivity index is 2.10. The molecule has 0 bridgehead atoms. The molecule has 0 aromatic carbocycles. The Hall–Kier alpha value is -1.42. The quantitative estimate of drug-likeness (QED) is 0.858. The average molecular weight is 286 g/mol. The molecule has 0 spiro atoms. The topological polar surface area (TPSA) is 34.0 Å². The molecule has 2 aromatic heterocycles. The van der Waals surface area contributed by atoms with Crippen LogP contribution in [-0.4, -0.2) is 32.0 Å². The van der Waals surface area contributed by atoms with Gasteiger partial charge < -0.3 is 0 Å². The van der Waals surface area contributed by atoms with E-state index in [-0.39, 0.29) is 0 Å². The van der Waals surface area contributed by atoms with Gasteiger partial charge in [0.05, 0.1) is 6.17 Å². The number of piperidine rings is 1. The molecule has 0 radical (unpaired) electrons. The summed E-state index contributed by atoms with van der Waals surface area (Å²) in [5, 5.41) is 0. The predicted molar refractivity (Wildman–Crippen MR) is 86.3 cm³/mol. The van der Waals surface area contributed by atoms with Crippen LogP contribution >= 0.6 is 0 Å². The molecule has 0 N–H and O–H groups in total. The Kier molecular flexibility index (Phi) is 4.24. The summed E-state index contributed by atoms with van der Waals surface area (Å²) >= 11 is 0. The van der Waals surface area contributed by atoms with E-state index in [1.165, 1.54) is 31.6 Å². The third-order valence-corrected chi connectivity index (χ3v) is 4.47. The van der Waals surface area contributed by atoms with Crippen LogP contribution in [-0.2, 0) is 6.42 Å². The van der Waals surface area contributed by atoms with Crippen LogP contribution in [0.3, 0.4) is 0 Å². The first kappa shape index (κ1) is 14.5. The number of imidazole rings is 1. The molecule has 4 heteroatoms. The minimum absolute atomic E-state index is 0.417. The molecule has 1 atom stereocenters. The van der Waals surface area contributed by atoms with E-state index in [1.807, 2.05) is 12.3 Å². The first-order valence-electron chi connectivity index (χ1n) is 8.30. The summed E-state index contributed by atoms with van der Waals surface area (Å²) in [6, 6.07) is 4.63. The summed E-state index contributed by atoms with van der Waals surface area (Å²) in [4.78, 5) is 12.1. The van der Waals surface area contributed by atoms with Gasteiger partial charge in [-0.2, -0.15) is 0 Å². The van der Waals surface area contributed by atoms with Crippen LogP contribution in [0.5, 0.6) is 0 Å². The van der Waals surface area contributed by atoms with Crippen molar-refractivity contribution in [3.05, 3.63) is 24.2 Å². The van der Waals surface area contributed by atoms with Crippen molar-refractivity contribution in [2.45, 2.75) is 65.1 Å². The minimum Gasteiger partial charge on any atom is -0.296 e. The number of hydrogen-bond donors (Lipinski definition) is 0. The van der Waals surface area contributed by atoms with Gasteiger partial charge in [-0.05, 0) is 51.7 Å². The van der Waals surface area contributed by atoms with E-state index in [2.05, 4.69) is 41.3 Å². The van der Waals surface area contributed by atoms with Gasteiger partial charge in [-0.25, -0.2) is 9.97 Å². The zero-order valence-electron chi connectivity index (χ0n) is 13.4. The first-order valence-corrected chi connectivity index (χ1v) is 8.30. The van der Waals surface area contributed by atoms with Gasteiger partial charge in [-0.15, -0.1) is 0 Å². The lowest BCUT2D eigenvalue weighted by Crippen LogP contribution is -2.41. The van der Waals surface area contributed by atoms with Crippen molar-refractivity contribution in [2.75, 3.05) is 6.54 Å². The van der Waals surface area contributed by atoms with Crippen molar-refractivity contribution in [2.24, 2.45) is 0 Å². The maximum atomic E-state index is 4.85. The lowest BCUT2D eigenvalue weighted by molar-refractivity contribution is 0.0647. The molecule has 4 nitrogen and oxygen atoms in total. The number of rotatable bonds is 4. The van der Waals surface area contributed by atoms with Crippen molar-refractivity contribution in [1.29, 1.82) is 0 Å². The Morgan fingerprint density at radius 3 is 2.95 bits per heavy atom. The number of likely N-dealkylation sites (tertiary alicyclic amines) is 1. The summed E-state index contributed by atoms with van der Waals surface area (Å²) in [6.07, 6.45) is 8.26. The normalized spacial score (nSPS) is 20.5. The summed E-state index contributed by atoms with van der Waals surface area (Å²) < 4.78 is 2.41. The smallest absolute Gasteiger partial charge is 0.161 e. The Bertz CT molecular complexity index is 602. The van der Waals surface area contributed by atoms with Crippen LogP contribution in [0.1, 0.15) is 58.4 Å². The highest BCUT2D eigenvalue weighted by molar-refractivity contribution is 5.71. The van der Waals surface area contributed by atoms with Crippen molar-refractivity contribution in [3.8, 4) is 0 Å². The highest BCUT2D eigenvalue weighted by atomic mass is 15.3. The van der Waals surface area contributed by atoms with E-state index in [1.54, 1.807) is 0 Å². The minimum atomic E-state index is 0.417. The maximum absolute atomic E-state index is 4.85. The first-order chi connectivity index (χ1) is 10.2. The van der Waals surface area contributed by atoms with Gasteiger partial charge in [0.25, 0.3) is 0 Å². The number of nitrogens with zero attached hydrogens (tertiary/aromatic N) is 4. The Labute approximate surface area is 127 Å². The molecule has 1 saturated heterocycles. The highest BCUT2D eigenvalue weighted by Gasteiger charge is 2.29. The van der Waals surface area contributed by atoms with Crippen LogP contribution in [0.25, 0.3) is 11.2 Å². The molecular weight excluding hydrogens is 260 g/mol. The molecule has 0 saturated carbocycles. The number of fused-ring (bicyclic) bond motifs is 1. The summed E-state index contributed by atoms with van der Waals surface area (Å²) in [7, 11) is 0. The molecule has 114 valence electrons. The molecule has 3 rings (SSSR count). The third kappa shape index (κ3) is 2.69. The molecule has 1 aliphatic rings. The zero-order chi connectivity index (χ0) is 14.8. The zero-order valence-corrected chi connectivity index (χ0v) is 13.4. The largest absolute Gasteiger partial charge is 0.296 e. The maximum Gasteiger partial charge on any atom is 0.161 e. The number of aryl methyl sites for hydroxylation is 1. The lowest BCUT2D eigenvalue weighted by atomic mass is 10.1. The fourth-order valence-corrected chi connectivity index (χ4v) is 3.51. The Morgan fingerprint density at radius 1 is 1.33 bits per heavy atom. The molecule has 1 aliphatic heterocycles. The van der Waals surface area contributed by atoms with E-state index < -0.39 is 0 Å². The molecule has 2 aromatic rings. The fourth-order valence-electron chi connectivity index (χ4n) is 3.51. The van der Waals surface area contributed by atoms with Gasteiger partial charge in [0.1, 0.15) is 11.3 Å². The molecular formula is C17H26N4. The van der Waals surface area contributed by atoms with Crippen LogP contribution in [0.4, 0.5) is 0 Å². The van der Waals surface area contributed by atoms with Crippen molar-refractivity contribution < 1.29 is 0 Å². The predicted octanol–water partition coefficient (Wildman–Crippen LogP) is 3.78. The fraction of sp³-hybridized carbons (Fsp3) is 0.647. The van der Waals surface area contributed by atoms with Gasteiger partial charge in [0, 0.05) is 25.2 Å². The van der Waals surface area contributed by atoms with Gasteiger partial charge in [0.15, 0.2) is 5.65 Å². The SMILES string of the molecule is CCCc1nc2cccnc2n1C1CCCCN1C(C)C. The molecule has 0 amide bonds. The monoisotopic (exact) mass is 286 g/mol. The number of aromatic nitrogens is 3. The van der Waals surface area contributed by atoms with Gasteiger partial charge in [0.2, 0.25) is 0 Å². The van der Waals surface area contributed by atoms with E-state index >= 15 is 0 Å². The van der Waals surface area contributed by atoms with E-state index in [0.29, 0.717) is 12.2 Å². The van der Waals surface area contributed by atoms with Gasteiger partial charge in [-0.1, -0.05) is 6.92 Å². The number of pyridine rings is 1. The van der Waals surface area contributed by atoms with Gasteiger partial charge in [-0.3, -0.25) is 9.47 Å². The van der Waals surface area contributed by atoms with Crippen molar-refractivity contribution in [1.82, 2.24) is 19.4 Å². The van der Waals surface area contributed by atoms with E-state index in [9.17, 15) is 0 Å². The number of hydrogen-bond acceptors (Lipinski definition) is 3. The second-order valence-electron chi connectivity index (χ2n) is 6.30. The molecule has 1 fully saturated rings. The van der Waals surface area contributed by atoms with Gasteiger partial charge >= 0.3 is 0 Å². The van der Waals surface area contributed by atoms with Crippen molar-refractivity contribution in [3.63, 3.8) is 0 Å². The van der Waals surface area contributed by atoms with Crippen LogP contribution in [0, 0.1) is 0 Å². The third-order valence-electron chi connectivity index (χ3n) is 4.47.